The van der Waals surface area contributed by atoms with E-state index in [1.165, 1.54) is 48.0 Å². The number of halogens is 1. The lowest BCUT2D eigenvalue weighted by molar-refractivity contribution is 0.507. The molecule has 1 aromatic rings. The van der Waals surface area contributed by atoms with Crippen molar-refractivity contribution in [2.75, 3.05) is 20.0 Å². The number of imidazole rings is 1. The van der Waals surface area contributed by atoms with Gasteiger partial charge in [0.2, 0.25) is 0 Å². The van der Waals surface area contributed by atoms with Gasteiger partial charge in [0.15, 0.2) is 0 Å². The molecule has 1 heterocycles. The van der Waals surface area contributed by atoms with Gasteiger partial charge >= 0.3 is 10.2 Å². The molecule has 0 saturated heterocycles. The van der Waals surface area contributed by atoms with Crippen LogP contribution < -0.4 is 0 Å². The van der Waals surface area contributed by atoms with Crippen molar-refractivity contribution in [3.05, 3.63) is 18.2 Å². The number of hydrogen-bond donors (Lipinski definition) is 0. The Balaban J connectivity index is 2.41. The topological polar surface area (TPSA) is 55.2 Å². The fourth-order valence-electron chi connectivity index (χ4n) is 1.98. The lowest BCUT2D eigenvalue weighted by Gasteiger charge is -2.14. The van der Waals surface area contributed by atoms with Crippen molar-refractivity contribution in [1.29, 1.82) is 0 Å². The third kappa shape index (κ3) is 5.07. The first-order valence-electron chi connectivity index (χ1n) is 7.00. The van der Waals surface area contributed by atoms with Crippen molar-refractivity contribution in [2.45, 2.75) is 44.9 Å². The van der Waals surface area contributed by atoms with Crippen molar-refractivity contribution < 1.29 is 8.42 Å². The van der Waals surface area contributed by atoms with E-state index in [1.807, 2.05) is 0 Å². The second-order valence-corrected chi connectivity index (χ2v) is 7.43. The lowest BCUT2D eigenvalue weighted by Crippen LogP contribution is -2.29. The first-order chi connectivity index (χ1) is 9.50. The molecule has 1 aromatic heterocycles. The van der Waals surface area contributed by atoms with Gasteiger partial charge in [0.25, 0.3) is 0 Å². The molecule has 7 heteroatoms. The van der Waals surface area contributed by atoms with Crippen LogP contribution in [0.3, 0.4) is 0 Å². The summed E-state index contributed by atoms with van der Waals surface area (Å²) in [6, 6.07) is 0. The zero-order valence-electron chi connectivity index (χ0n) is 12.3. The fraction of sp³-hybridized carbons (Fsp3) is 0.769. The van der Waals surface area contributed by atoms with E-state index in [4.69, 9.17) is 11.6 Å². The Morgan fingerprint density at radius 1 is 1.15 bits per heavy atom. The van der Waals surface area contributed by atoms with Gasteiger partial charge in [-0.25, -0.2) is 8.96 Å². The van der Waals surface area contributed by atoms with Crippen LogP contribution in [-0.4, -0.2) is 41.7 Å². The molecule has 0 aliphatic carbocycles. The van der Waals surface area contributed by atoms with Crippen LogP contribution in [0.4, 0.5) is 0 Å². The fourth-order valence-corrected chi connectivity index (χ4v) is 3.13. The van der Waals surface area contributed by atoms with Crippen LogP contribution in [0.25, 0.3) is 0 Å². The van der Waals surface area contributed by atoms with Crippen molar-refractivity contribution in [1.82, 2.24) is 13.3 Å². The summed E-state index contributed by atoms with van der Waals surface area (Å²) in [5.41, 5.74) is 0.749. The van der Waals surface area contributed by atoms with E-state index in [1.54, 1.807) is 6.20 Å². The molecule has 0 bridgehead atoms. The zero-order chi connectivity index (χ0) is 15.0. The number of rotatable bonds is 10. The van der Waals surface area contributed by atoms with Gasteiger partial charge in [0.1, 0.15) is 6.33 Å². The third-order valence-corrected chi connectivity index (χ3v) is 5.22. The number of alkyl halides is 1. The van der Waals surface area contributed by atoms with Gasteiger partial charge in [0, 0.05) is 26.2 Å². The Bertz CT molecular complexity index is 486. The molecule has 116 valence electrons. The number of unbranched alkanes of at least 4 members (excludes halogenated alkanes) is 5. The largest absolute Gasteiger partial charge is 0.308 e. The first-order valence-corrected chi connectivity index (χ1v) is 8.93. The van der Waals surface area contributed by atoms with E-state index in [2.05, 4.69) is 4.98 Å². The van der Waals surface area contributed by atoms with Crippen LogP contribution in [0.1, 0.15) is 44.2 Å². The highest BCUT2D eigenvalue weighted by Crippen LogP contribution is 2.12. The summed E-state index contributed by atoms with van der Waals surface area (Å²) in [5.74, 6) is 0.738. The van der Waals surface area contributed by atoms with Gasteiger partial charge in [-0.05, 0) is 19.3 Å². The van der Waals surface area contributed by atoms with Crippen molar-refractivity contribution in [2.24, 2.45) is 0 Å². The molecule has 0 aromatic carbocycles. The first kappa shape index (κ1) is 17.5. The van der Waals surface area contributed by atoms with E-state index in [9.17, 15) is 8.42 Å². The number of aryl methyl sites for hydroxylation is 1. The van der Waals surface area contributed by atoms with Crippen LogP contribution in [0, 0.1) is 0 Å². The zero-order valence-corrected chi connectivity index (χ0v) is 13.8. The van der Waals surface area contributed by atoms with Gasteiger partial charge < -0.3 is 0 Å². The molecule has 0 aliphatic heterocycles. The summed E-state index contributed by atoms with van der Waals surface area (Å²) in [4.78, 5) is 3.95. The summed E-state index contributed by atoms with van der Waals surface area (Å²) in [5, 5.41) is 0. The molecular formula is C13H24ClN3O2S. The Morgan fingerprint density at radius 3 is 2.35 bits per heavy atom. The number of aromatic nitrogens is 2. The smallest absolute Gasteiger partial charge is 0.244 e. The molecule has 1 rings (SSSR count). The summed E-state index contributed by atoms with van der Waals surface area (Å²) >= 11 is 5.62. The van der Waals surface area contributed by atoms with Gasteiger partial charge in [0.05, 0.1) is 5.69 Å². The Kier molecular flexibility index (Phi) is 7.55. The maximum atomic E-state index is 12.1. The molecule has 0 amide bonds. The summed E-state index contributed by atoms with van der Waals surface area (Å²) in [6.07, 6.45) is 10.5. The normalized spacial score (nSPS) is 12.2. The summed E-state index contributed by atoms with van der Waals surface area (Å²) < 4.78 is 26.6. The molecule has 0 aliphatic rings. The van der Waals surface area contributed by atoms with Crippen LogP contribution in [0.2, 0.25) is 0 Å². The highest BCUT2D eigenvalue weighted by Gasteiger charge is 2.18. The highest BCUT2D eigenvalue weighted by atomic mass is 35.5. The van der Waals surface area contributed by atoms with E-state index < -0.39 is 10.2 Å². The predicted molar refractivity (Wildman–Crippen MR) is 82.4 cm³/mol. The van der Waals surface area contributed by atoms with Crippen LogP contribution >= 0.6 is 11.6 Å². The van der Waals surface area contributed by atoms with E-state index >= 15 is 0 Å². The van der Waals surface area contributed by atoms with Gasteiger partial charge in [-0.1, -0.05) is 25.7 Å². The molecule has 0 N–H and O–H groups in total. The van der Waals surface area contributed by atoms with Crippen LogP contribution in [0.5, 0.6) is 0 Å². The van der Waals surface area contributed by atoms with E-state index in [-0.39, 0.29) is 0 Å². The second kappa shape index (κ2) is 8.64. The Labute approximate surface area is 127 Å². The minimum atomic E-state index is -3.45. The second-order valence-electron chi connectivity index (χ2n) is 5.03. The molecule has 5 nitrogen and oxygen atoms in total. The minimum absolute atomic E-state index is 0.738. The van der Waals surface area contributed by atoms with Gasteiger partial charge in [-0.2, -0.15) is 12.7 Å². The lowest BCUT2D eigenvalue weighted by atomic mass is 10.1. The van der Waals surface area contributed by atoms with E-state index in [0.717, 1.165) is 37.3 Å². The Morgan fingerprint density at radius 2 is 1.75 bits per heavy atom. The SMILES string of the molecule is CN(C)S(=O)(=O)n1cncc1CCCCCCCCCl. The highest BCUT2D eigenvalue weighted by molar-refractivity contribution is 7.87. The molecule has 0 atom stereocenters. The molecule has 0 fully saturated rings. The molecule has 0 saturated carbocycles. The average molecular weight is 322 g/mol. The number of nitrogens with zero attached hydrogens (tertiary/aromatic N) is 3. The van der Waals surface area contributed by atoms with Crippen LogP contribution in [-0.2, 0) is 16.6 Å². The molecule has 0 unspecified atom stereocenters. The van der Waals surface area contributed by atoms with Gasteiger partial charge in [-0.15, -0.1) is 11.6 Å². The Hall–Kier alpha value is -0.590. The van der Waals surface area contributed by atoms with Crippen LogP contribution in [0.15, 0.2) is 12.5 Å². The molecular weight excluding hydrogens is 298 g/mol. The third-order valence-electron chi connectivity index (χ3n) is 3.20. The van der Waals surface area contributed by atoms with E-state index in [0.29, 0.717) is 0 Å². The summed E-state index contributed by atoms with van der Waals surface area (Å²) in [7, 11) is -0.398. The molecule has 0 radical (unpaired) electrons. The predicted octanol–water partition coefficient (Wildman–Crippen LogP) is 2.66. The minimum Gasteiger partial charge on any atom is -0.244 e. The van der Waals surface area contributed by atoms with Gasteiger partial charge in [-0.3, -0.25) is 0 Å². The van der Waals surface area contributed by atoms with Crippen molar-refractivity contribution in [3.8, 4) is 0 Å². The maximum absolute atomic E-state index is 12.1. The maximum Gasteiger partial charge on any atom is 0.308 e. The molecule has 20 heavy (non-hydrogen) atoms. The standard InChI is InChI=1S/C13H24ClN3O2S/c1-16(2)20(18,19)17-12-15-11-13(17)9-7-5-3-4-6-8-10-14/h11-12H,3-10H2,1-2H3. The monoisotopic (exact) mass is 321 g/mol. The number of hydrogen-bond acceptors (Lipinski definition) is 3. The summed E-state index contributed by atoms with van der Waals surface area (Å²) in [6.45, 7) is 0. The average Bonchev–Trinajstić information content (AvgIpc) is 2.86. The van der Waals surface area contributed by atoms with Crippen molar-refractivity contribution >= 4 is 21.8 Å². The van der Waals surface area contributed by atoms with Crippen molar-refractivity contribution in [3.63, 3.8) is 0 Å². The quantitative estimate of drug-likeness (QED) is 0.492. The molecule has 0 spiro atoms.